The van der Waals surface area contributed by atoms with Crippen molar-refractivity contribution in [2.75, 3.05) is 7.11 Å². The first-order chi connectivity index (χ1) is 13.8. The maximum absolute atomic E-state index is 13.2. The SMILES string of the molecule is CCc1cn(Cc2ccc(OC)cc2)c(C(=O)OC(C)(C)C)c1-c1ccccc1. The van der Waals surface area contributed by atoms with Crippen LogP contribution in [-0.2, 0) is 17.7 Å². The Kier molecular flexibility index (Phi) is 6.12. The maximum atomic E-state index is 13.2. The lowest BCUT2D eigenvalue weighted by Crippen LogP contribution is -2.26. The molecular weight excluding hydrogens is 362 g/mol. The first-order valence-electron chi connectivity index (χ1n) is 9.96. The number of rotatable bonds is 6. The first-order valence-corrected chi connectivity index (χ1v) is 9.96. The number of methoxy groups -OCH3 is 1. The van der Waals surface area contributed by atoms with Crippen molar-refractivity contribution in [1.29, 1.82) is 0 Å². The van der Waals surface area contributed by atoms with Gasteiger partial charge in [0, 0.05) is 18.3 Å². The number of benzene rings is 2. The van der Waals surface area contributed by atoms with Gasteiger partial charge in [-0.15, -0.1) is 0 Å². The zero-order valence-electron chi connectivity index (χ0n) is 17.9. The summed E-state index contributed by atoms with van der Waals surface area (Å²) in [6.07, 6.45) is 2.90. The molecule has 1 aromatic heterocycles. The first kappa shape index (κ1) is 20.7. The van der Waals surface area contributed by atoms with Gasteiger partial charge < -0.3 is 14.0 Å². The molecule has 29 heavy (non-hydrogen) atoms. The van der Waals surface area contributed by atoms with Crippen LogP contribution in [0.4, 0.5) is 0 Å². The molecule has 0 amide bonds. The van der Waals surface area contributed by atoms with Gasteiger partial charge in [0.25, 0.3) is 0 Å². The predicted molar refractivity (Wildman–Crippen MR) is 117 cm³/mol. The van der Waals surface area contributed by atoms with E-state index < -0.39 is 5.60 Å². The summed E-state index contributed by atoms with van der Waals surface area (Å²) in [6, 6.07) is 18.0. The summed E-state index contributed by atoms with van der Waals surface area (Å²) in [6.45, 7) is 8.37. The summed E-state index contributed by atoms with van der Waals surface area (Å²) in [7, 11) is 1.65. The van der Waals surface area contributed by atoms with Crippen molar-refractivity contribution in [3.63, 3.8) is 0 Å². The lowest BCUT2D eigenvalue weighted by Gasteiger charge is -2.21. The van der Waals surface area contributed by atoms with Crippen molar-refractivity contribution in [2.45, 2.75) is 46.3 Å². The number of esters is 1. The van der Waals surface area contributed by atoms with E-state index in [2.05, 4.69) is 13.1 Å². The van der Waals surface area contributed by atoms with Crippen LogP contribution < -0.4 is 4.74 Å². The van der Waals surface area contributed by atoms with Crippen molar-refractivity contribution in [1.82, 2.24) is 4.57 Å². The monoisotopic (exact) mass is 391 g/mol. The number of hydrogen-bond acceptors (Lipinski definition) is 3. The molecular formula is C25H29NO3. The van der Waals surface area contributed by atoms with Gasteiger partial charge in [-0.05, 0) is 56.0 Å². The number of carbonyl (C=O) groups is 1. The summed E-state index contributed by atoms with van der Waals surface area (Å²) in [5.41, 5.74) is 4.24. The van der Waals surface area contributed by atoms with E-state index in [1.54, 1.807) is 7.11 Å². The van der Waals surface area contributed by atoms with Crippen LogP contribution in [0, 0.1) is 0 Å². The Morgan fingerprint density at radius 2 is 1.66 bits per heavy atom. The van der Waals surface area contributed by atoms with Gasteiger partial charge in [0.05, 0.1) is 7.11 Å². The van der Waals surface area contributed by atoms with Crippen LogP contribution in [0.2, 0.25) is 0 Å². The van der Waals surface area contributed by atoms with Crippen molar-refractivity contribution < 1.29 is 14.3 Å². The maximum Gasteiger partial charge on any atom is 0.356 e. The Morgan fingerprint density at radius 1 is 1.00 bits per heavy atom. The average molecular weight is 392 g/mol. The Hall–Kier alpha value is -3.01. The quantitative estimate of drug-likeness (QED) is 0.504. The number of aryl methyl sites for hydroxylation is 1. The zero-order valence-corrected chi connectivity index (χ0v) is 17.9. The molecule has 152 valence electrons. The summed E-state index contributed by atoms with van der Waals surface area (Å²) in [5, 5.41) is 0. The summed E-state index contributed by atoms with van der Waals surface area (Å²) < 4.78 is 13.0. The highest BCUT2D eigenvalue weighted by Crippen LogP contribution is 2.32. The van der Waals surface area contributed by atoms with Crippen LogP contribution in [0.1, 0.15) is 49.3 Å². The van der Waals surface area contributed by atoms with Gasteiger partial charge in [-0.25, -0.2) is 4.79 Å². The zero-order chi connectivity index (χ0) is 21.0. The van der Waals surface area contributed by atoms with E-state index >= 15 is 0 Å². The van der Waals surface area contributed by atoms with Gasteiger partial charge in [-0.1, -0.05) is 49.4 Å². The van der Waals surface area contributed by atoms with Gasteiger partial charge in [0.15, 0.2) is 0 Å². The van der Waals surface area contributed by atoms with Crippen molar-refractivity contribution >= 4 is 5.97 Å². The Bertz CT molecular complexity index is 964. The topological polar surface area (TPSA) is 40.5 Å². The Labute approximate surface area is 173 Å². The van der Waals surface area contributed by atoms with E-state index in [1.165, 1.54) is 0 Å². The number of hydrogen-bond donors (Lipinski definition) is 0. The van der Waals surface area contributed by atoms with Gasteiger partial charge in [-0.2, -0.15) is 0 Å². The molecule has 0 atom stereocenters. The number of ether oxygens (including phenoxy) is 2. The normalized spacial score (nSPS) is 11.3. The average Bonchev–Trinajstić information content (AvgIpc) is 3.06. The molecule has 3 rings (SSSR count). The van der Waals surface area contributed by atoms with Crippen molar-refractivity contribution in [3.05, 3.63) is 77.6 Å². The van der Waals surface area contributed by atoms with Crippen LogP contribution in [0.15, 0.2) is 60.8 Å². The van der Waals surface area contributed by atoms with Crippen molar-refractivity contribution in [3.8, 4) is 16.9 Å². The molecule has 0 radical (unpaired) electrons. The van der Waals surface area contributed by atoms with Crippen LogP contribution in [0.25, 0.3) is 11.1 Å². The molecule has 0 unspecified atom stereocenters. The highest BCUT2D eigenvalue weighted by atomic mass is 16.6. The van der Waals surface area contributed by atoms with Crippen LogP contribution in [0.5, 0.6) is 5.75 Å². The molecule has 0 fully saturated rings. The lowest BCUT2D eigenvalue weighted by atomic mass is 10.00. The number of nitrogens with zero attached hydrogens (tertiary/aromatic N) is 1. The van der Waals surface area contributed by atoms with E-state index in [1.807, 2.05) is 79.9 Å². The fourth-order valence-electron chi connectivity index (χ4n) is 3.41. The molecule has 0 aliphatic carbocycles. The van der Waals surface area contributed by atoms with E-state index in [-0.39, 0.29) is 5.97 Å². The van der Waals surface area contributed by atoms with Gasteiger partial charge in [0.1, 0.15) is 17.0 Å². The van der Waals surface area contributed by atoms with Gasteiger partial charge in [-0.3, -0.25) is 0 Å². The molecule has 1 heterocycles. The van der Waals surface area contributed by atoms with E-state index in [0.29, 0.717) is 12.2 Å². The molecule has 0 N–H and O–H groups in total. The Balaban J connectivity index is 2.11. The minimum absolute atomic E-state index is 0.301. The molecule has 0 bridgehead atoms. The molecule has 3 aromatic rings. The van der Waals surface area contributed by atoms with Crippen molar-refractivity contribution in [2.24, 2.45) is 0 Å². The molecule has 0 saturated heterocycles. The van der Waals surface area contributed by atoms with E-state index in [4.69, 9.17) is 9.47 Å². The second kappa shape index (κ2) is 8.56. The highest BCUT2D eigenvalue weighted by Gasteiger charge is 2.27. The minimum atomic E-state index is -0.563. The summed E-state index contributed by atoms with van der Waals surface area (Å²) in [4.78, 5) is 13.2. The standard InChI is InChI=1S/C25H29NO3/c1-6-19-17-26(16-18-12-14-21(28-5)15-13-18)23(24(27)29-25(2,3)4)22(19)20-10-8-7-9-11-20/h7-15,17H,6,16H2,1-5H3. The fourth-order valence-corrected chi connectivity index (χ4v) is 3.41. The molecule has 0 spiro atoms. The van der Waals surface area contributed by atoms with Crippen LogP contribution in [0.3, 0.4) is 0 Å². The van der Waals surface area contributed by atoms with Crippen LogP contribution in [-0.4, -0.2) is 23.2 Å². The van der Waals surface area contributed by atoms with Gasteiger partial charge >= 0.3 is 5.97 Å². The third kappa shape index (κ3) is 4.89. The second-order valence-electron chi connectivity index (χ2n) is 8.08. The van der Waals surface area contributed by atoms with Crippen LogP contribution >= 0.6 is 0 Å². The minimum Gasteiger partial charge on any atom is -0.497 e. The highest BCUT2D eigenvalue weighted by molar-refractivity contribution is 5.97. The third-order valence-electron chi connectivity index (χ3n) is 4.70. The van der Waals surface area contributed by atoms with Gasteiger partial charge in [0.2, 0.25) is 0 Å². The molecule has 0 aliphatic rings. The number of aromatic nitrogens is 1. The number of carbonyl (C=O) groups excluding carboxylic acids is 1. The molecule has 0 saturated carbocycles. The second-order valence-corrected chi connectivity index (χ2v) is 8.08. The third-order valence-corrected chi connectivity index (χ3v) is 4.70. The lowest BCUT2D eigenvalue weighted by molar-refractivity contribution is 0.00592. The fraction of sp³-hybridized carbons (Fsp3) is 0.320. The molecule has 4 nitrogen and oxygen atoms in total. The smallest absolute Gasteiger partial charge is 0.356 e. The van der Waals surface area contributed by atoms with E-state index in [0.717, 1.165) is 34.4 Å². The Morgan fingerprint density at radius 3 is 2.21 bits per heavy atom. The van der Waals surface area contributed by atoms with E-state index in [9.17, 15) is 4.79 Å². The largest absolute Gasteiger partial charge is 0.497 e. The molecule has 2 aromatic carbocycles. The summed E-state index contributed by atoms with van der Waals surface area (Å²) >= 11 is 0. The predicted octanol–water partition coefficient (Wildman–Crippen LogP) is 5.73. The molecule has 0 aliphatic heterocycles. The molecule has 4 heteroatoms. The summed E-state index contributed by atoms with van der Waals surface area (Å²) in [5.74, 6) is 0.511.